The molecule has 2 rings (SSSR count). The van der Waals surface area contributed by atoms with E-state index >= 15 is 0 Å². The molecule has 1 aromatic carbocycles. The second-order valence-corrected chi connectivity index (χ2v) is 8.60. The molecule has 1 fully saturated rings. The van der Waals surface area contributed by atoms with E-state index in [2.05, 4.69) is 12.2 Å². The van der Waals surface area contributed by atoms with Crippen molar-refractivity contribution in [3.05, 3.63) is 34.6 Å². The molecule has 4 nitrogen and oxygen atoms in total. The van der Waals surface area contributed by atoms with Gasteiger partial charge in [-0.2, -0.15) is 0 Å². The van der Waals surface area contributed by atoms with E-state index in [9.17, 15) is 9.18 Å². The van der Waals surface area contributed by atoms with Crippen LogP contribution in [0.15, 0.2) is 18.2 Å². The van der Waals surface area contributed by atoms with Gasteiger partial charge in [-0.25, -0.2) is 9.18 Å². The maximum Gasteiger partial charge on any atom is 0.410 e. The third kappa shape index (κ3) is 6.48. The number of nitrogens with one attached hydrogen (secondary N) is 1. The molecule has 0 spiro atoms. The molecule has 0 atom stereocenters. The molecule has 1 aliphatic rings. The van der Waals surface area contributed by atoms with Crippen LogP contribution in [0.25, 0.3) is 0 Å². The van der Waals surface area contributed by atoms with E-state index in [1.165, 1.54) is 12.1 Å². The summed E-state index contributed by atoms with van der Waals surface area (Å²) in [4.78, 5) is 13.9. The smallest absolute Gasteiger partial charge is 0.410 e. The summed E-state index contributed by atoms with van der Waals surface area (Å²) in [7, 11) is 0. The Hall–Kier alpha value is -1.33. The molecule has 1 N–H and O–H groups in total. The topological polar surface area (TPSA) is 41.6 Å². The first-order valence-electron chi connectivity index (χ1n) is 8.70. The van der Waals surface area contributed by atoms with Gasteiger partial charge in [-0.15, -0.1) is 0 Å². The van der Waals surface area contributed by atoms with Gasteiger partial charge < -0.3 is 15.0 Å². The van der Waals surface area contributed by atoms with Crippen LogP contribution >= 0.6 is 11.6 Å². The number of ether oxygens (including phenoxy) is 1. The van der Waals surface area contributed by atoms with Gasteiger partial charge in [0.1, 0.15) is 11.4 Å². The highest BCUT2D eigenvalue weighted by Gasteiger charge is 2.33. The summed E-state index contributed by atoms with van der Waals surface area (Å²) in [6.07, 6.45) is 1.57. The maximum atomic E-state index is 13.4. The average Bonchev–Trinajstić information content (AvgIpc) is 2.45. The van der Waals surface area contributed by atoms with Crippen molar-refractivity contribution < 1.29 is 13.9 Å². The molecule has 0 aliphatic carbocycles. The first-order valence-corrected chi connectivity index (χ1v) is 9.08. The number of likely N-dealkylation sites (tertiary alicyclic amines) is 1. The number of hydrogen-bond acceptors (Lipinski definition) is 3. The number of carbonyl (C=O) groups is 1. The summed E-state index contributed by atoms with van der Waals surface area (Å²) in [5.74, 6) is -0.318. The van der Waals surface area contributed by atoms with Gasteiger partial charge in [0.05, 0.1) is 0 Å². The summed E-state index contributed by atoms with van der Waals surface area (Å²) in [5.41, 5.74) is 0.473. The highest BCUT2D eigenvalue weighted by Crippen LogP contribution is 2.31. The molecule has 0 unspecified atom stereocenters. The summed E-state index contributed by atoms with van der Waals surface area (Å²) < 4.78 is 18.8. The zero-order valence-corrected chi connectivity index (χ0v) is 16.3. The van der Waals surface area contributed by atoms with Crippen molar-refractivity contribution in [3.8, 4) is 0 Å². The van der Waals surface area contributed by atoms with Gasteiger partial charge in [-0.1, -0.05) is 18.5 Å². The molecular weight excluding hydrogens is 343 g/mol. The molecule has 1 aromatic rings. The first-order chi connectivity index (χ1) is 11.6. The zero-order chi connectivity index (χ0) is 18.7. The lowest BCUT2D eigenvalue weighted by Crippen LogP contribution is -2.47. The van der Waals surface area contributed by atoms with E-state index in [1.807, 2.05) is 20.8 Å². The first kappa shape index (κ1) is 20.0. The fraction of sp³-hybridized carbons (Fsp3) is 0.632. The molecule has 1 aliphatic heterocycles. The van der Waals surface area contributed by atoms with Crippen LogP contribution in [0.1, 0.15) is 46.1 Å². The monoisotopic (exact) mass is 370 g/mol. The van der Waals surface area contributed by atoms with Crippen molar-refractivity contribution in [2.45, 2.75) is 52.7 Å². The fourth-order valence-electron chi connectivity index (χ4n) is 2.95. The van der Waals surface area contributed by atoms with E-state index < -0.39 is 5.60 Å². The SMILES string of the molecule is CC1(CNCc2cc(F)cc(Cl)c2)CCN(C(=O)OC(C)(C)C)CC1. The average molecular weight is 371 g/mol. The summed E-state index contributed by atoms with van der Waals surface area (Å²) in [6.45, 7) is 10.6. The highest BCUT2D eigenvalue weighted by molar-refractivity contribution is 6.30. The second-order valence-electron chi connectivity index (χ2n) is 8.16. The lowest BCUT2D eigenvalue weighted by atomic mass is 9.80. The third-order valence-electron chi connectivity index (χ3n) is 4.43. The van der Waals surface area contributed by atoms with Crippen molar-refractivity contribution >= 4 is 17.7 Å². The number of piperidine rings is 1. The maximum absolute atomic E-state index is 13.4. The van der Waals surface area contributed by atoms with Crippen LogP contribution in [0.2, 0.25) is 5.02 Å². The Bertz CT molecular complexity index is 588. The molecule has 6 heteroatoms. The molecule has 1 saturated heterocycles. The lowest BCUT2D eigenvalue weighted by Gasteiger charge is -2.40. The van der Waals surface area contributed by atoms with E-state index in [0.29, 0.717) is 24.7 Å². The Morgan fingerprint density at radius 1 is 1.32 bits per heavy atom. The van der Waals surface area contributed by atoms with Crippen molar-refractivity contribution in [2.75, 3.05) is 19.6 Å². The van der Waals surface area contributed by atoms with Crippen LogP contribution in [0.4, 0.5) is 9.18 Å². The van der Waals surface area contributed by atoms with Crippen molar-refractivity contribution in [2.24, 2.45) is 5.41 Å². The molecule has 0 radical (unpaired) electrons. The fourth-order valence-corrected chi connectivity index (χ4v) is 3.20. The minimum absolute atomic E-state index is 0.107. The molecule has 1 heterocycles. The molecule has 0 saturated carbocycles. The van der Waals surface area contributed by atoms with Crippen LogP contribution in [-0.4, -0.2) is 36.2 Å². The minimum atomic E-state index is -0.467. The van der Waals surface area contributed by atoms with Crippen LogP contribution < -0.4 is 5.32 Å². The summed E-state index contributed by atoms with van der Waals surface area (Å²) >= 11 is 5.88. The zero-order valence-electron chi connectivity index (χ0n) is 15.5. The van der Waals surface area contributed by atoms with Crippen molar-refractivity contribution in [3.63, 3.8) is 0 Å². The van der Waals surface area contributed by atoms with Gasteiger partial charge in [-0.05, 0) is 62.8 Å². The highest BCUT2D eigenvalue weighted by atomic mass is 35.5. The van der Waals surface area contributed by atoms with Gasteiger partial charge in [0.25, 0.3) is 0 Å². The number of rotatable bonds is 4. The van der Waals surface area contributed by atoms with Crippen molar-refractivity contribution in [1.82, 2.24) is 10.2 Å². The Kier molecular flexibility index (Phi) is 6.33. The van der Waals surface area contributed by atoms with E-state index in [1.54, 1.807) is 11.0 Å². The van der Waals surface area contributed by atoms with Crippen LogP contribution in [-0.2, 0) is 11.3 Å². The predicted molar refractivity (Wildman–Crippen MR) is 98.3 cm³/mol. The minimum Gasteiger partial charge on any atom is -0.444 e. The molecule has 140 valence electrons. The quantitative estimate of drug-likeness (QED) is 0.841. The number of halogens is 2. The van der Waals surface area contributed by atoms with Gasteiger partial charge in [0, 0.05) is 31.2 Å². The predicted octanol–water partition coefficient (Wildman–Crippen LogP) is 4.61. The number of nitrogens with zero attached hydrogens (tertiary/aromatic N) is 1. The summed E-state index contributed by atoms with van der Waals surface area (Å²) in [5, 5.41) is 3.80. The van der Waals surface area contributed by atoms with Gasteiger partial charge in [0.2, 0.25) is 0 Å². The van der Waals surface area contributed by atoms with Crippen LogP contribution in [0.3, 0.4) is 0 Å². The molecule has 0 bridgehead atoms. The van der Waals surface area contributed by atoms with E-state index in [-0.39, 0.29) is 17.3 Å². The molecule has 1 amide bonds. The number of carbonyl (C=O) groups excluding carboxylic acids is 1. The number of amides is 1. The standard InChI is InChI=1S/C19H28ClFN2O2/c1-18(2,3)25-17(24)23-7-5-19(4,6-8-23)13-22-12-14-9-15(20)11-16(21)10-14/h9-11,22H,5-8,12-13H2,1-4H3. The summed E-state index contributed by atoms with van der Waals surface area (Å²) in [6, 6.07) is 4.57. The number of hydrogen-bond donors (Lipinski definition) is 1. The Labute approximate surface area is 154 Å². The Morgan fingerprint density at radius 2 is 1.96 bits per heavy atom. The third-order valence-corrected chi connectivity index (χ3v) is 4.64. The lowest BCUT2D eigenvalue weighted by molar-refractivity contribution is 0.0119. The van der Waals surface area contributed by atoms with Gasteiger partial charge >= 0.3 is 6.09 Å². The molecule has 0 aromatic heterocycles. The molecular formula is C19H28ClFN2O2. The van der Waals surface area contributed by atoms with Crippen LogP contribution in [0, 0.1) is 11.2 Å². The van der Waals surface area contributed by atoms with E-state index in [0.717, 1.165) is 24.9 Å². The van der Waals surface area contributed by atoms with Crippen LogP contribution in [0.5, 0.6) is 0 Å². The van der Waals surface area contributed by atoms with E-state index in [4.69, 9.17) is 16.3 Å². The van der Waals surface area contributed by atoms with Gasteiger partial charge in [0.15, 0.2) is 0 Å². The molecule has 25 heavy (non-hydrogen) atoms. The largest absolute Gasteiger partial charge is 0.444 e. The number of benzene rings is 1. The van der Waals surface area contributed by atoms with Crippen molar-refractivity contribution in [1.29, 1.82) is 0 Å². The Morgan fingerprint density at radius 3 is 2.52 bits per heavy atom. The van der Waals surface area contributed by atoms with Gasteiger partial charge in [-0.3, -0.25) is 0 Å². The Balaban J connectivity index is 1.79. The second kappa shape index (κ2) is 7.92. The normalized spacial score (nSPS) is 17.4.